The smallest absolute Gasteiger partial charge is 0.251 e. The summed E-state index contributed by atoms with van der Waals surface area (Å²) in [6.45, 7) is 7.94. The molecule has 1 aromatic rings. The van der Waals surface area contributed by atoms with Crippen LogP contribution in [0.1, 0.15) is 55.5 Å². The number of anilines is 1. The Morgan fingerprint density at radius 2 is 1.95 bits per heavy atom. The fourth-order valence-electron chi connectivity index (χ4n) is 2.05. The topological polar surface area (TPSA) is 41.1 Å². The van der Waals surface area contributed by atoms with Gasteiger partial charge in [0.25, 0.3) is 5.91 Å². The first-order valence-corrected chi connectivity index (χ1v) is 7.31. The standard InChI is InChI=1S/C16H26N2O/c1-4-6-7-8-11-18-16(19)14-9-10-15(17-5-2)13(3)12-14/h9-10,12,17H,4-8,11H2,1-3H3,(H,18,19). The van der Waals surface area contributed by atoms with Crippen molar-refractivity contribution in [2.45, 2.75) is 46.5 Å². The van der Waals surface area contributed by atoms with Gasteiger partial charge in [0.05, 0.1) is 0 Å². The number of carbonyl (C=O) groups is 1. The SMILES string of the molecule is CCCCCCNC(=O)c1ccc(NCC)c(C)c1. The first-order valence-electron chi connectivity index (χ1n) is 7.31. The van der Waals surface area contributed by atoms with Crippen molar-refractivity contribution in [2.24, 2.45) is 0 Å². The molecule has 0 bridgehead atoms. The maximum absolute atomic E-state index is 12.0. The van der Waals surface area contributed by atoms with Gasteiger partial charge in [-0.1, -0.05) is 26.2 Å². The number of benzene rings is 1. The zero-order chi connectivity index (χ0) is 14.1. The molecule has 0 aromatic heterocycles. The second-order valence-electron chi connectivity index (χ2n) is 4.88. The number of carbonyl (C=O) groups excluding carboxylic acids is 1. The van der Waals surface area contributed by atoms with E-state index in [0.29, 0.717) is 0 Å². The summed E-state index contributed by atoms with van der Waals surface area (Å²) in [5, 5.41) is 6.25. The minimum absolute atomic E-state index is 0.0302. The lowest BCUT2D eigenvalue weighted by molar-refractivity contribution is 0.0953. The number of unbranched alkanes of at least 4 members (excludes halogenated alkanes) is 3. The van der Waals surface area contributed by atoms with Crippen LogP contribution in [-0.2, 0) is 0 Å². The minimum Gasteiger partial charge on any atom is -0.385 e. The molecule has 0 aliphatic heterocycles. The van der Waals surface area contributed by atoms with Crippen LogP contribution in [-0.4, -0.2) is 19.0 Å². The molecule has 1 amide bonds. The van der Waals surface area contributed by atoms with Crippen LogP contribution < -0.4 is 10.6 Å². The summed E-state index contributed by atoms with van der Waals surface area (Å²) in [6, 6.07) is 5.80. The molecule has 0 unspecified atom stereocenters. The highest BCUT2D eigenvalue weighted by Gasteiger charge is 2.06. The summed E-state index contributed by atoms with van der Waals surface area (Å²) in [5.41, 5.74) is 2.96. The molecular formula is C16H26N2O. The van der Waals surface area contributed by atoms with Crippen molar-refractivity contribution < 1.29 is 4.79 Å². The molecule has 0 aliphatic carbocycles. The van der Waals surface area contributed by atoms with Gasteiger partial charge in [0, 0.05) is 24.3 Å². The van der Waals surface area contributed by atoms with Crippen LogP contribution in [0.15, 0.2) is 18.2 Å². The van der Waals surface area contributed by atoms with Crippen molar-refractivity contribution in [1.29, 1.82) is 0 Å². The Morgan fingerprint density at radius 1 is 1.16 bits per heavy atom. The van der Waals surface area contributed by atoms with Gasteiger partial charge in [-0.2, -0.15) is 0 Å². The Kier molecular flexibility index (Phi) is 7.01. The highest BCUT2D eigenvalue weighted by Crippen LogP contribution is 2.16. The molecule has 0 spiro atoms. The normalized spacial score (nSPS) is 10.3. The van der Waals surface area contributed by atoms with Gasteiger partial charge in [-0.15, -0.1) is 0 Å². The van der Waals surface area contributed by atoms with E-state index in [1.165, 1.54) is 19.3 Å². The maximum atomic E-state index is 12.0. The fraction of sp³-hybridized carbons (Fsp3) is 0.562. The van der Waals surface area contributed by atoms with E-state index < -0.39 is 0 Å². The molecular weight excluding hydrogens is 236 g/mol. The molecule has 1 aromatic carbocycles. The van der Waals surface area contributed by atoms with Crippen LogP contribution >= 0.6 is 0 Å². The van der Waals surface area contributed by atoms with Crippen molar-refractivity contribution in [2.75, 3.05) is 18.4 Å². The number of nitrogens with one attached hydrogen (secondary N) is 2. The summed E-state index contributed by atoms with van der Waals surface area (Å²) in [7, 11) is 0. The van der Waals surface area contributed by atoms with Crippen molar-refractivity contribution in [3.8, 4) is 0 Å². The van der Waals surface area contributed by atoms with Crippen molar-refractivity contribution >= 4 is 11.6 Å². The molecule has 1 rings (SSSR count). The summed E-state index contributed by atoms with van der Waals surface area (Å²) in [6.07, 6.45) is 4.72. The number of hydrogen-bond donors (Lipinski definition) is 2. The third-order valence-corrected chi connectivity index (χ3v) is 3.17. The monoisotopic (exact) mass is 262 g/mol. The zero-order valence-corrected chi connectivity index (χ0v) is 12.4. The largest absolute Gasteiger partial charge is 0.385 e. The first kappa shape index (κ1) is 15.5. The minimum atomic E-state index is 0.0302. The Labute approximate surface area is 116 Å². The second kappa shape index (κ2) is 8.57. The Balaban J connectivity index is 2.46. The molecule has 0 saturated carbocycles. The van der Waals surface area contributed by atoms with E-state index >= 15 is 0 Å². The van der Waals surface area contributed by atoms with Gasteiger partial charge in [0.1, 0.15) is 0 Å². The molecule has 19 heavy (non-hydrogen) atoms. The lowest BCUT2D eigenvalue weighted by Gasteiger charge is -2.10. The third-order valence-electron chi connectivity index (χ3n) is 3.17. The molecule has 3 heteroatoms. The quantitative estimate of drug-likeness (QED) is 0.701. The molecule has 0 radical (unpaired) electrons. The van der Waals surface area contributed by atoms with Gasteiger partial charge < -0.3 is 10.6 Å². The molecule has 0 atom stereocenters. The van der Waals surface area contributed by atoms with Gasteiger partial charge in [-0.05, 0) is 44.0 Å². The number of aryl methyl sites for hydroxylation is 1. The van der Waals surface area contributed by atoms with Crippen LogP contribution in [0.2, 0.25) is 0 Å². The van der Waals surface area contributed by atoms with E-state index in [2.05, 4.69) is 24.5 Å². The van der Waals surface area contributed by atoms with E-state index in [4.69, 9.17) is 0 Å². The second-order valence-corrected chi connectivity index (χ2v) is 4.88. The van der Waals surface area contributed by atoms with Crippen LogP contribution in [0.3, 0.4) is 0 Å². The summed E-state index contributed by atoms with van der Waals surface area (Å²) >= 11 is 0. The Hall–Kier alpha value is -1.51. The molecule has 3 nitrogen and oxygen atoms in total. The zero-order valence-electron chi connectivity index (χ0n) is 12.4. The summed E-state index contributed by atoms with van der Waals surface area (Å²) in [5.74, 6) is 0.0302. The van der Waals surface area contributed by atoms with E-state index in [1.807, 2.05) is 25.1 Å². The molecule has 106 valence electrons. The third kappa shape index (κ3) is 5.33. The van der Waals surface area contributed by atoms with E-state index in [1.54, 1.807) is 0 Å². The average molecular weight is 262 g/mol. The predicted octanol–water partition coefficient (Wildman–Crippen LogP) is 3.74. The van der Waals surface area contributed by atoms with Gasteiger partial charge >= 0.3 is 0 Å². The van der Waals surface area contributed by atoms with Gasteiger partial charge in [-0.3, -0.25) is 4.79 Å². The van der Waals surface area contributed by atoms with Crippen LogP contribution in [0.25, 0.3) is 0 Å². The van der Waals surface area contributed by atoms with E-state index in [9.17, 15) is 4.79 Å². The van der Waals surface area contributed by atoms with Crippen LogP contribution in [0.5, 0.6) is 0 Å². The summed E-state index contributed by atoms with van der Waals surface area (Å²) < 4.78 is 0. The molecule has 2 N–H and O–H groups in total. The van der Waals surface area contributed by atoms with Crippen molar-refractivity contribution in [3.05, 3.63) is 29.3 Å². The van der Waals surface area contributed by atoms with Crippen molar-refractivity contribution in [3.63, 3.8) is 0 Å². The lowest BCUT2D eigenvalue weighted by atomic mass is 10.1. The Bertz CT molecular complexity index is 402. The van der Waals surface area contributed by atoms with Crippen LogP contribution in [0, 0.1) is 6.92 Å². The number of rotatable bonds is 8. The number of hydrogen-bond acceptors (Lipinski definition) is 2. The lowest BCUT2D eigenvalue weighted by Crippen LogP contribution is -2.24. The van der Waals surface area contributed by atoms with Gasteiger partial charge in [0.2, 0.25) is 0 Å². The predicted molar refractivity (Wildman–Crippen MR) is 81.8 cm³/mol. The number of amides is 1. The van der Waals surface area contributed by atoms with Crippen LogP contribution in [0.4, 0.5) is 5.69 Å². The van der Waals surface area contributed by atoms with Gasteiger partial charge in [-0.25, -0.2) is 0 Å². The first-order chi connectivity index (χ1) is 9.19. The molecule has 0 aliphatic rings. The maximum Gasteiger partial charge on any atom is 0.251 e. The van der Waals surface area contributed by atoms with E-state index in [-0.39, 0.29) is 5.91 Å². The highest BCUT2D eigenvalue weighted by molar-refractivity contribution is 5.94. The Morgan fingerprint density at radius 3 is 2.58 bits per heavy atom. The molecule has 0 saturated heterocycles. The summed E-state index contributed by atoms with van der Waals surface area (Å²) in [4.78, 5) is 12.0. The van der Waals surface area contributed by atoms with Crippen molar-refractivity contribution in [1.82, 2.24) is 5.32 Å². The average Bonchev–Trinajstić information content (AvgIpc) is 2.41. The fourth-order valence-corrected chi connectivity index (χ4v) is 2.05. The van der Waals surface area contributed by atoms with Gasteiger partial charge in [0.15, 0.2) is 0 Å². The molecule has 0 heterocycles. The van der Waals surface area contributed by atoms with E-state index in [0.717, 1.165) is 36.3 Å². The molecule has 0 fully saturated rings. The highest BCUT2D eigenvalue weighted by atomic mass is 16.1.